The van der Waals surface area contributed by atoms with Crippen molar-refractivity contribution < 1.29 is 27.8 Å². The number of hydrogen-bond donors (Lipinski definition) is 1. The zero-order chi connectivity index (χ0) is 23.9. The van der Waals surface area contributed by atoms with Gasteiger partial charge in [-0.3, -0.25) is 0 Å². The molecule has 34 heavy (non-hydrogen) atoms. The molecule has 2 fully saturated rings. The number of carboxylic acid groups (broad SMARTS) is 1. The van der Waals surface area contributed by atoms with Crippen LogP contribution in [-0.2, 0) is 10.9 Å². The standard InChI is InChI=1S/C26H26F3NO3S/c27-26(28,29)18-6-8-20-22(15-34-24(20)13-18)17-5-9-23(21(12-17)25(31)32)30-10-11-33-19(14-30)7-4-16-2-1-3-16/h5-6,8-9,12-13,15-16,19H,1-4,7,10-11,14H2,(H,31,32)/t19-/m1/s1. The van der Waals surface area contributed by atoms with Crippen molar-refractivity contribution in [2.24, 2.45) is 5.92 Å². The maximum absolute atomic E-state index is 13.1. The summed E-state index contributed by atoms with van der Waals surface area (Å²) < 4.78 is 45.7. The highest BCUT2D eigenvalue weighted by Crippen LogP contribution is 2.39. The number of aromatic carboxylic acids is 1. The van der Waals surface area contributed by atoms with Gasteiger partial charge in [0, 0.05) is 28.7 Å². The van der Waals surface area contributed by atoms with Crippen LogP contribution in [-0.4, -0.2) is 36.9 Å². The van der Waals surface area contributed by atoms with Crippen LogP contribution < -0.4 is 4.90 Å². The van der Waals surface area contributed by atoms with Gasteiger partial charge in [-0.25, -0.2) is 4.79 Å². The van der Waals surface area contributed by atoms with Crippen LogP contribution in [0.25, 0.3) is 21.2 Å². The second kappa shape index (κ2) is 9.23. The predicted octanol–water partition coefficient (Wildman–Crippen LogP) is 7.07. The summed E-state index contributed by atoms with van der Waals surface area (Å²) in [6.45, 7) is 1.85. The van der Waals surface area contributed by atoms with Gasteiger partial charge in [0.1, 0.15) is 0 Å². The van der Waals surface area contributed by atoms with Gasteiger partial charge >= 0.3 is 12.1 Å². The number of morpholine rings is 1. The molecule has 5 rings (SSSR count). The lowest BCUT2D eigenvalue weighted by molar-refractivity contribution is -0.137. The highest BCUT2D eigenvalue weighted by molar-refractivity contribution is 7.17. The van der Waals surface area contributed by atoms with Gasteiger partial charge in [-0.2, -0.15) is 13.2 Å². The molecule has 180 valence electrons. The fourth-order valence-electron chi connectivity index (χ4n) is 4.89. The first-order valence-corrected chi connectivity index (χ1v) is 12.5. The molecule has 2 aliphatic rings. The quantitative estimate of drug-likeness (QED) is 0.402. The number of fused-ring (bicyclic) bond motifs is 1. The minimum atomic E-state index is -4.40. The first-order valence-electron chi connectivity index (χ1n) is 11.6. The van der Waals surface area contributed by atoms with Gasteiger partial charge in [0.15, 0.2) is 0 Å². The van der Waals surface area contributed by atoms with E-state index in [1.165, 1.54) is 36.7 Å². The summed E-state index contributed by atoms with van der Waals surface area (Å²) in [5, 5.41) is 12.4. The smallest absolute Gasteiger partial charge is 0.416 e. The third kappa shape index (κ3) is 4.66. The van der Waals surface area contributed by atoms with E-state index in [9.17, 15) is 23.1 Å². The van der Waals surface area contributed by atoms with Crippen LogP contribution in [0.15, 0.2) is 41.8 Å². The van der Waals surface area contributed by atoms with Gasteiger partial charge in [-0.15, -0.1) is 11.3 Å². The molecule has 0 amide bonds. The molecule has 1 aliphatic heterocycles. The van der Waals surface area contributed by atoms with Crippen molar-refractivity contribution in [2.45, 2.75) is 44.4 Å². The van der Waals surface area contributed by atoms with Crippen molar-refractivity contribution in [1.82, 2.24) is 0 Å². The Kier molecular flexibility index (Phi) is 6.29. The van der Waals surface area contributed by atoms with Crippen molar-refractivity contribution in [3.63, 3.8) is 0 Å². The van der Waals surface area contributed by atoms with Gasteiger partial charge in [0.2, 0.25) is 0 Å². The van der Waals surface area contributed by atoms with Gasteiger partial charge < -0.3 is 14.7 Å². The number of rotatable bonds is 6. The number of halogens is 3. The number of hydrogen-bond acceptors (Lipinski definition) is 4. The van der Waals surface area contributed by atoms with Crippen molar-refractivity contribution >= 4 is 33.1 Å². The van der Waals surface area contributed by atoms with E-state index in [2.05, 4.69) is 4.90 Å². The number of ether oxygens (including phenoxy) is 1. The predicted molar refractivity (Wildman–Crippen MR) is 128 cm³/mol. The van der Waals surface area contributed by atoms with Gasteiger partial charge in [0.25, 0.3) is 0 Å². The summed E-state index contributed by atoms with van der Waals surface area (Å²) in [5.41, 5.74) is 1.59. The Hall–Kier alpha value is -2.58. The number of anilines is 1. The Bertz CT molecular complexity index is 1200. The first-order chi connectivity index (χ1) is 16.3. The average molecular weight is 490 g/mol. The highest BCUT2D eigenvalue weighted by atomic mass is 32.1. The molecule has 2 aromatic carbocycles. The van der Waals surface area contributed by atoms with Crippen LogP contribution in [0, 0.1) is 5.92 Å². The molecule has 2 heterocycles. The number of nitrogens with zero attached hydrogens (tertiary/aromatic N) is 1. The van der Waals surface area contributed by atoms with Crippen LogP contribution in [0.2, 0.25) is 0 Å². The summed E-state index contributed by atoms with van der Waals surface area (Å²) in [6, 6.07) is 9.00. The molecule has 1 saturated carbocycles. The highest BCUT2D eigenvalue weighted by Gasteiger charge is 2.31. The topological polar surface area (TPSA) is 49.8 Å². The van der Waals surface area contributed by atoms with Gasteiger partial charge in [-0.05, 0) is 54.0 Å². The largest absolute Gasteiger partial charge is 0.478 e. The minimum Gasteiger partial charge on any atom is -0.478 e. The van der Waals surface area contributed by atoms with Gasteiger partial charge in [-0.1, -0.05) is 31.4 Å². The maximum Gasteiger partial charge on any atom is 0.416 e. The molecule has 0 unspecified atom stereocenters. The summed E-state index contributed by atoms with van der Waals surface area (Å²) >= 11 is 1.23. The summed E-state index contributed by atoms with van der Waals surface area (Å²) in [5.74, 6) is -0.214. The second-order valence-electron chi connectivity index (χ2n) is 9.21. The lowest BCUT2D eigenvalue weighted by Gasteiger charge is -2.36. The fraction of sp³-hybridized carbons (Fsp3) is 0.423. The molecule has 1 atom stereocenters. The molecule has 1 saturated heterocycles. The molecule has 0 radical (unpaired) electrons. The molecule has 1 N–H and O–H groups in total. The molecule has 0 bridgehead atoms. The Labute approximate surface area is 200 Å². The van der Waals surface area contributed by atoms with Crippen molar-refractivity contribution in [3.8, 4) is 11.1 Å². The summed E-state index contributed by atoms with van der Waals surface area (Å²) in [7, 11) is 0. The molecular formula is C26H26F3NO3S. The van der Waals surface area contributed by atoms with Crippen molar-refractivity contribution in [2.75, 3.05) is 24.6 Å². The lowest BCUT2D eigenvalue weighted by atomic mass is 9.81. The third-order valence-corrected chi connectivity index (χ3v) is 7.99. The first kappa shape index (κ1) is 23.2. The zero-order valence-corrected chi connectivity index (χ0v) is 19.4. The SMILES string of the molecule is O=C(O)c1cc(-c2csc3cc(C(F)(F)F)ccc23)ccc1N1CCO[C@H](CCC2CCC2)C1. The Morgan fingerprint density at radius 2 is 1.97 bits per heavy atom. The Morgan fingerprint density at radius 3 is 2.68 bits per heavy atom. The second-order valence-corrected chi connectivity index (χ2v) is 10.1. The Balaban J connectivity index is 1.41. The van der Waals surface area contributed by atoms with E-state index in [1.54, 1.807) is 11.4 Å². The van der Waals surface area contributed by atoms with Crippen LogP contribution in [0.1, 0.15) is 48.0 Å². The monoisotopic (exact) mass is 489 g/mol. The Morgan fingerprint density at radius 1 is 1.15 bits per heavy atom. The molecular weight excluding hydrogens is 463 g/mol. The van der Waals surface area contributed by atoms with Crippen LogP contribution in [0.3, 0.4) is 0 Å². The molecule has 1 aliphatic carbocycles. The normalized spacial score (nSPS) is 19.4. The maximum atomic E-state index is 13.1. The van der Waals surface area contributed by atoms with Gasteiger partial charge in [0.05, 0.1) is 29.5 Å². The third-order valence-electron chi connectivity index (χ3n) is 7.04. The average Bonchev–Trinajstić information content (AvgIpc) is 3.20. The minimum absolute atomic E-state index is 0.0966. The number of carboxylic acids is 1. The lowest BCUT2D eigenvalue weighted by Crippen LogP contribution is -2.43. The number of benzene rings is 2. The van der Waals surface area contributed by atoms with Crippen LogP contribution in [0.4, 0.5) is 18.9 Å². The van der Waals surface area contributed by atoms with Crippen molar-refractivity contribution in [1.29, 1.82) is 0 Å². The number of carbonyl (C=O) groups is 1. The molecule has 3 aromatic rings. The van der Waals surface area contributed by atoms with E-state index >= 15 is 0 Å². The van der Waals surface area contributed by atoms with E-state index in [0.717, 1.165) is 36.5 Å². The van der Waals surface area contributed by atoms with E-state index < -0.39 is 17.7 Å². The van der Waals surface area contributed by atoms with E-state index in [0.29, 0.717) is 41.0 Å². The molecule has 1 aromatic heterocycles. The van der Waals surface area contributed by atoms with E-state index in [-0.39, 0.29) is 11.7 Å². The van der Waals surface area contributed by atoms with E-state index in [1.807, 2.05) is 12.1 Å². The van der Waals surface area contributed by atoms with Crippen LogP contribution in [0.5, 0.6) is 0 Å². The molecule has 4 nitrogen and oxygen atoms in total. The molecule has 8 heteroatoms. The van der Waals surface area contributed by atoms with Crippen molar-refractivity contribution in [3.05, 3.63) is 52.9 Å². The molecule has 0 spiro atoms. The number of alkyl halides is 3. The van der Waals surface area contributed by atoms with Crippen LogP contribution >= 0.6 is 11.3 Å². The summed E-state index contributed by atoms with van der Waals surface area (Å²) in [4.78, 5) is 14.3. The zero-order valence-electron chi connectivity index (χ0n) is 18.6. The van der Waals surface area contributed by atoms with E-state index in [4.69, 9.17) is 4.74 Å². The summed E-state index contributed by atoms with van der Waals surface area (Å²) in [6.07, 6.45) is 1.77. The fourth-order valence-corrected chi connectivity index (χ4v) is 5.90. The number of thiophene rings is 1.